The van der Waals surface area contributed by atoms with E-state index in [0.717, 1.165) is 11.1 Å². The first-order valence-electron chi connectivity index (χ1n) is 6.53. The van der Waals surface area contributed by atoms with Gasteiger partial charge in [-0.15, -0.1) is 0 Å². The third-order valence-electron chi connectivity index (χ3n) is 3.57. The molecule has 0 radical (unpaired) electrons. The summed E-state index contributed by atoms with van der Waals surface area (Å²) in [5.41, 5.74) is 3.27. The van der Waals surface area contributed by atoms with E-state index in [0.29, 0.717) is 39.7 Å². The van der Waals surface area contributed by atoms with Gasteiger partial charge in [-0.1, -0.05) is 41.4 Å². The summed E-state index contributed by atoms with van der Waals surface area (Å²) in [4.78, 5) is 3.36. The molecular formula is C17H14Cl2FN. The van der Waals surface area contributed by atoms with Crippen molar-refractivity contribution in [3.8, 4) is 11.1 Å². The molecule has 0 unspecified atom stereocenters. The summed E-state index contributed by atoms with van der Waals surface area (Å²) in [5.74, 6) is -0.292. The predicted octanol–water partition coefficient (Wildman–Crippen LogP) is 5.88. The molecule has 0 aliphatic heterocycles. The molecular weight excluding hydrogens is 308 g/mol. The average molecular weight is 322 g/mol. The van der Waals surface area contributed by atoms with Gasteiger partial charge in [0.15, 0.2) is 0 Å². The van der Waals surface area contributed by atoms with Gasteiger partial charge < -0.3 is 4.85 Å². The van der Waals surface area contributed by atoms with Crippen LogP contribution in [0.3, 0.4) is 0 Å². The summed E-state index contributed by atoms with van der Waals surface area (Å²) < 4.78 is 14.8. The molecule has 2 aromatic rings. The summed E-state index contributed by atoms with van der Waals surface area (Å²) in [7, 11) is 0. The second-order valence-corrected chi connectivity index (χ2v) is 5.68. The lowest BCUT2D eigenvalue weighted by atomic mass is 9.92. The fourth-order valence-electron chi connectivity index (χ4n) is 2.30. The fourth-order valence-corrected chi connectivity index (χ4v) is 2.70. The highest BCUT2D eigenvalue weighted by Gasteiger charge is 2.19. The highest BCUT2D eigenvalue weighted by Crippen LogP contribution is 2.38. The molecule has 0 N–H and O–H groups in total. The van der Waals surface area contributed by atoms with Crippen molar-refractivity contribution in [3.63, 3.8) is 0 Å². The van der Waals surface area contributed by atoms with E-state index in [1.807, 2.05) is 13.0 Å². The minimum Gasteiger partial charge on any atom is -0.317 e. The Labute approximate surface area is 134 Å². The molecule has 0 bridgehead atoms. The molecule has 4 heteroatoms. The Morgan fingerprint density at radius 3 is 2.62 bits per heavy atom. The molecule has 0 heterocycles. The molecule has 0 aliphatic rings. The van der Waals surface area contributed by atoms with E-state index >= 15 is 0 Å². The lowest BCUT2D eigenvalue weighted by molar-refractivity contribution is 0.618. The Bertz CT molecular complexity index is 733. The Kier molecular flexibility index (Phi) is 4.88. The van der Waals surface area contributed by atoms with Crippen LogP contribution in [0.2, 0.25) is 10.0 Å². The van der Waals surface area contributed by atoms with E-state index in [1.54, 1.807) is 25.1 Å². The SMILES string of the molecule is [C-]#[N+]CCc1cc(C)c(C)c(F)c1-c1cccc(Cl)c1Cl. The number of hydrogen-bond donors (Lipinski definition) is 0. The van der Waals surface area contributed by atoms with E-state index in [2.05, 4.69) is 4.85 Å². The van der Waals surface area contributed by atoms with Crippen LogP contribution >= 0.6 is 23.2 Å². The predicted molar refractivity (Wildman–Crippen MR) is 86.5 cm³/mol. The summed E-state index contributed by atoms with van der Waals surface area (Å²) in [5, 5.41) is 0.730. The van der Waals surface area contributed by atoms with E-state index in [-0.39, 0.29) is 5.82 Å². The van der Waals surface area contributed by atoms with Crippen LogP contribution in [0, 0.1) is 26.2 Å². The maximum absolute atomic E-state index is 14.8. The zero-order valence-electron chi connectivity index (χ0n) is 11.8. The molecule has 1 nitrogen and oxygen atoms in total. The zero-order valence-corrected chi connectivity index (χ0v) is 13.3. The number of hydrogen-bond acceptors (Lipinski definition) is 0. The Hall–Kier alpha value is -1.56. The second kappa shape index (κ2) is 6.47. The lowest BCUT2D eigenvalue weighted by Crippen LogP contribution is -2.01. The maximum Gasteiger partial charge on any atom is 0.218 e. The van der Waals surface area contributed by atoms with Gasteiger partial charge in [0.25, 0.3) is 0 Å². The molecule has 2 aromatic carbocycles. The van der Waals surface area contributed by atoms with Crippen LogP contribution in [-0.4, -0.2) is 6.54 Å². The van der Waals surface area contributed by atoms with Gasteiger partial charge in [-0.25, -0.2) is 11.0 Å². The highest BCUT2D eigenvalue weighted by molar-refractivity contribution is 6.43. The molecule has 108 valence electrons. The minimum atomic E-state index is -0.292. The standard InChI is InChI=1S/C17H14Cl2FN/c1-10-9-12(7-8-21-3)15(17(20)11(10)2)13-5-4-6-14(18)16(13)19/h4-6,9H,7-8H2,1-2H3. The van der Waals surface area contributed by atoms with Gasteiger partial charge >= 0.3 is 0 Å². The Morgan fingerprint density at radius 1 is 1.24 bits per heavy atom. The van der Waals surface area contributed by atoms with Crippen LogP contribution in [-0.2, 0) is 6.42 Å². The van der Waals surface area contributed by atoms with E-state index in [1.165, 1.54) is 0 Å². The highest BCUT2D eigenvalue weighted by atomic mass is 35.5. The van der Waals surface area contributed by atoms with Crippen LogP contribution in [0.1, 0.15) is 16.7 Å². The first-order chi connectivity index (χ1) is 9.97. The smallest absolute Gasteiger partial charge is 0.218 e. The topological polar surface area (TPSA) is 4.36 Å². The van der Waals surface area contributed by atoms with Crippen molar-refractivity contribution in [1.82, 2.24) is 0 Å². The molecule has 0 saturated heterocycles. The van der Waals surface area contributed by atoms with Crippen molar-refractivity contribution >= 4 is 23.2 Å². The van der Waals surface area contributed by atoms with Crippen LogP contribution < -0.4 is 0 Å². The van der Waals surface area contributed by atoms with Gasteiger partial charge in [0.2, 0.25) is 6.54 Å². The van der Waals surface area contributed by atoms with Crippen molar-refractivity contribution in [2.75, 3.05) is 6.54 Å². The quantitative estimate of drug-likeness (QED) is 0.622. The molecule has 21 heavy (non-hydrogen) atoms. The number of aryl methyl sites for hydroxylation is 1. The van der Waals surface area contributed by atoms with Crippen molar-refractivity contribution in [2.24, 2.45) is 0 Å². The molecule has 0 amide bonds. The van der Waals surface area contributed by atoms with E-state index in [4.69, 9.17) is 29.8 Å². The average Bonchev–Trinajstić information content (AvgIpc) is 2.46. The van der Waals surface area contributed by atoms with E-state index in [9.17, 15) is 4.39 Å². The molecule has 0 fully saturated rings. The third-order valence-corrected chi connectivity index (χ3v) is 4.38. The van der Waals surface area contributed by atoms with Crippen molar-refractivity contribution in [3.05, 3.63) is 68.2 Å². The number of benzene rings is 2. The molecule has 0 atom stereocenters. The number of rotatable bonds is 3. The van der Waals surface area contributed by atoms with Crippen molar-refractivity contribution in [1.29, 1.82) is 0 Å². The van der Waals surface area contributed by atoms with Gasteiger partial charge in [0.05, 0.1) is 10.0 Å². The Morgan fingerprint density at radius 2 is 1.95 bits per heavy atom. The van der Waals surface area contributed by atoms with Gasteiger partial charge in [-0.05, 0) is 36.6 Å². The normalized spacial score (nSPS) is 10.5. The summed E-state index contributed by atoms with van der Waals surface area (Å²) >= 11 is 12.3. The van der Waals surface area contributed by atoms with Crippen LogP contribution in [0.5, 0.6) is 0 Å². The van der Waals surface area contributed by atoms with Gasteiger partial charge in [-0.2, -0.15) is 0 Å². The van der Waals surface area contributed by atoms with Gasteiger partial charge in [0, 0.05) is 17.5 Å². The summed E-state index contributed by atoms with van der Waals surface area (Å²) in [6, 6.07) is 7.10. The first kappa shape index (κ1) is 15.8. The largest absolute Gasteiger partial charge is 0.317 e. The monoisotopic (exact) mass is 321 g/mol. The molecule has 0 spiro atoms. The van der Waals surface area contributed by atoms with Crippen LogP contribution in [0.25, 0.3) is 16.0 Å². The second-order valence-electron chi connectivity index (χ2n) is 4.90. The van der Waals surface area contributed by atoms with Crippen LogP contribution in [0.15, 0.2) is 24.3 Å². The van der Waals surface area contributed by atoms with Gasteiger partial charge in [-0.3, -0.25) is 0 Å². The molecule has 0 aliphatic carbocycles. The Balaban J connectivity index is 2.74. The summed E-state index contributed by atoms with van der Waals surface area (Å²) in [6.45, 7) is 10.9. The van der Waals surface area contributed by atoms with Crippen molar-refractivity contribution < 1.29 is 4.39 Å². The molecule has 0 aromatic heterocycles. The minimum absolute atomic E-state index is 0.292. The summed E-state index contributed by atoms with van der Waals surface area (Å²) in [6.07, 6.45) is 0.486. The lowest BCUT2D eigenvalue weighted by Gasteiger charge is -2.15. The zero-order chi connectivity index (χ0) is 15.6. The van der Waals surface area contributed by atoms with Crippen molar-refractivity contribution in [2.45, 2.75) is 20.3 Å². The number of nitrogens with zero attached hydrogens (tertiary/aromatic N) is 1. The van der Waals surface area contributed by atoms with E-state index < -0.39 is 0 Å². The maximum atomic E-state index is 14.8. The van der Waals surface area contributed by atoms with Crippen LogP contribution in [0.4, 0.5) is 4.39 Å². The third kappa shape index (κ3) is 3.05. The number of halogens is 3. The fraction of sp³-hybridized carbons (Fsp3) is 0.235. The molecule has 2 rings (SSSR count). The first-order valence-corrected chi connectivity index (χ1v) is 7.29. The molecule has 0 saturated carbocycles. The van der Waals surface area contributed by atoms with Gasteiger partial charge in [0.1, 0.15) is 5.82 Å².